The minimum absolute atomic E-state index is 0.496. The summed E-state index contributed by atoms with van der Waals surface area (Å²) in [5.41, 5.74) is 0.914. The van der Waals surface area contributed by atoms with E-state index >= 15 is 0 Å². The molecule has 1 aromatic carbocycles. The summed E-state index contributed by atoms with van der Waals surface area (Å²) >= 11 is 5.26. The second-order valence-corrected chi connectivity index (χ2v) is 5.98. The number of aromatic nitrogens is 3. The standard InChI is InChI=1S/C18H26N4O2S/c1-4-7-8-17-20-21-18(25)22(17)19-13-14-9-10-15(24-11-5-2)16(12-14)23-6-3/h9-10,12-13H,4-8,11H2,1-3H3,(H,21,25)/b19-13+. The van der Waals surface area contributed by atoms with Crippen molar-refractivity contribution in [2.24, 2.45) is 5.10 Å². The van der Waals surface area contributed by atoms with Crippen molar-refractivity contribution in [3.8, 4) is 11.5 Å². The van der Waals surface area contributed by atoms with E-state index in [1.165, 1.54) is 0 Å². The van der Waals surface area contributed by atoms with Gasteiger partial charge in [-0.2, -0.15) is 14.9 Å². The third kappa shape index (κ3) is 5.42. The molecular formula is C18H26N4O2S. The zero-order valence-electron chi connectivity index (χ0n) is 15.1. The maximum atomic E-state index is 5.72. The zero-order chi connectivity index (χ0) is 18.1. The number of nitrogens with one attached hydrogen (secondary N) is 1. The molecule has 0 fully saturated rings. The van der Waals surface area contributed by atoms with Gasteiger partial charge in [0.2, 0.25) is 4.77 Å². The van der Waals surface area contributed by atoms with E-state index in [-0.39, 0.29) is 0 Å². The summed E-state index contributed by atoms with van der Waals surface area (Å²) in [6.07, 6.45) is 5.70. The maximum absolute atomic E-state index is 5.72. The molecule has 0 bridgehead atoms. The van der Waals surface area contributed by atoms with Crippen molar-refractivity contribution < 1.29 is 9.47 Å². The molecule has 1 aromatic heterocycles. The average Bonchev–Trinajstić information content (AvgIpc) is 2.97. The Morgan fingerprint density at radius 1 is 1.20 bits per heavy atom. The Morgan fingerprint density at radius 3 is 2.76 bits per heavy atom. The first-order valence-corrected chi connectivity index (χ1v) is 9.20. The third-order valence-electron chi connectivity index (χ3n) is 3.52. The minimum Gasteiger partial charge on any atom is -0.490 e. The minimum atomic E-state index is 0.496. The molecule has 25 heavy (non-hydrogen) atoms. The van der Waals surface area contributed by atoms with E-state index < -0.39 is 0 Å². The van der Waals surface area contributed by atoms with Gasteiger partial charge in [0, 0.05) is 6.42 Å². The maximum Gasteiger partial charge on any atom is 0.216 e. The fourth-order valence-electron chi connectivity index (χ4n) is 2.27. The number of hydrogen-bond donors (Lipinski definition) is 1. The lowest BCUT2D eigenvalue weighted by Crippen LogP contribution is -2.01. The van der Waals surface area contributed by atoms with Crippen molar-refractivity contribution in [1.82, 2.24) is 14.9 Å². The fraction of sp³-hybridized carbons (Fsp3) is 0.500. The second kappa shape index (κ2) is 9.98. The molecule has 0 atom stereocenters. The molecule has 0 amide bonds. The number of benzene rings is 1. The largest absolute Gasteiger partial charge is 0.490 e. The first-order valence-electron chi connectivity index (χ1n) is 8.79. The predicted molar refractivity (Wildman–Crippen MR) is 102 cm³/mol. The average molecular weight is 362 g/mol. The van der Waals surface area contributed by atoms with Gasteiger partial charge >= 0.3 is 0 Å². The summed E-state index contributed by atoms with van der Waals surface area (Å²) in [6.45, 7) is 7.42. The molecule has 0 radical (unpaired) electrons. The smallest absolute Gasteiger partial charge is 0.216 e. The molecule has 0 saturated carbocycles. The molecule has 0 unspecified atom stereocenters. The highest BCUT2D eigenvalue weighted by Crippen LogP contribution is 2.28. The lowest BCUT2D eigenvalue weighted by Gasteiger charge is -2.11. The number of hydrogen-bond acceptors (Lipinski definition) is 5. The second-order valence-electron chi connectivity index (χ2n) is 5.59. The van der Waals surface area contributed by atoms with Crippen LogP contribution in [-0.2, 0) is 6.42 Å². The fourth-order valence-corrected chi connectivity index (χ4v) is 2.47. The molecule has 6 nitrogen and oxygen atoms in total. The summed E-state index contributed by atoms with van der Waals surface area (Å²) in [7, 11) is 0. The number of nitrogens with zero attached hydrogens (tertiary/aromatic N) is 3. The molecule has 0 aliphatic rings. The number of unbranched alkanes of at least 4 members (excludes halogenated alkanes) is 1. The van der Waals surface area contributed by atoms with Crippen molar-refractivity contribution in [2.75, 3.05) is 13.2 Å². The van der Waals surface area contributed by atoms with Gasteiger partial charge in [-0.05, 0) is 55.7 Å². The molecule has 7 heteroatoms. The number of aromatic amines is 1. The number of aryl methyl sites for hydroxylation is 1. The quantitative estimate of drug-likeness (QED) is 0.504. The molecule has 136 valence electrons. The van der Waals surface area contributed by atoms with Crippen LogP contribution < -0.4 is 9.47 Å². The topological polar surface area (TPSA) is 64.4 Å². The van der Waals surface area contributed by atoms with Crippen LogP contribution >= 0.6 is 12.2 Å². The molecule has 0 aliphatic heterocycles. The summed E-state index contributed by atoms with van der Waals surface area (Å²) in [5.74, 6) is 2.32. The van der Waals surface area contributed by atoms with Crippen molar-refractivity contribution in [2.45, 2.75) is 46.5 Å². The molecule has 0 saturated heterocycles. The van der Waals surface area contributed by atoms with Gasteiger partial charge < -0.3 is 9.47 Å². The first kappa shape index (κ1) is 19.2. The Labute approximate surface area is 153 Å². The number of rotatable bonds is 10. The molecule has 2 aromatic rings. The lowest BCUT2D eigenvalue weighted by molar-refractivity contribution is 0.277. The van der Waals surface area contributed by atoms with Gasteiger partial charge in [0.15, 0.2) is 17.3 Å². The highest BCUT2D eigenvalue weighted by molar-refractivity contribution is 7.71. The normalized spacial score (nSPS) is 11.2. The summed E-state index contributed by atoms with van der Waals surface area (Å²) < 4.78 is 13.6. The predicted octanol–water partition coefficient (Wildman–Crippen LogP) is 4.35. The Hall–Kier alpha value is -2.15. The highest BCUT2D eigenvalue weighted by atomic mass is 32.1. The van der Waals surface area contributed by atoms with Crippen LogP contribution in [0.5, 0.6) is 11.5 Å². The molecule has 2 rings (SSSR count). The van der Waals surface area contributed by atoms with Crippen LogP contribution in [0.3, 0.4) is 0 Å². The van der Waals surface area contributed by atoms with E-state index in [1.54, 1.807) is 10.9 Å². The van der Waals surface area contributed by atoms with Crippen molar-refractivity contribution in [3.63, 3.8) is 0 Å². The van der Waals surface area contributed by atoms with Gasteiger partial charge in [-0.3, -0.25) is 5.10 Å². The molecular weight excluding hydrogens is 336 g/mol. The lowest BCUT2D eigenvalue weighted by atomic mass is 10.2. The van der Waals surface area contributed by atoms with E-state index in [0.717, 1.165) is 48.6 Å². The van der Waals surface area contributed by atoms with Crippen molar-refractivity contribution in [3.05, 3.63) is 34.4 Å². The SMILES string of the molecule is CCCCc1n[nH]c(=S)n1/N=C/c1ccc(OCCC)c(OCC)c1. The molecule has 0 spiro atoms. The van der Waals surface area contributed by atoms with Crippen LogP contribution in [0.1, 0.15) is 51.4 Å². The first-order chi connectivity index (χ1) is 12.2. The van der Waals surface area contributed by atoms with Crippen molar-refractivity contribution >= 4 is 18.4 Å². The Morgan fingerprint density at radius 2 is 2.04 bits per heavy atom. The van der Waals surface area contributed by atoms with E-state index in [9.17, 15) is 0 Å². The Bertz CT molecular complexity index is 752. The van der Waals surface area contributed by atoms with Crippen LogP contribution in [0.15, 0.2) is 23.3 Å². The summed E-state index contributed by atoms with van der Waals surface area (Å²) in [4.78, 5) is 0. The van der Waals surface area contributed by atoms with Gasteiger partial charge in [-0.1, -0.05) is 20.3 Å². The Balaban J connectivity index is 2.22. The number of H-pyrrole nitrogens is 1. The van der Waals surface area contributed by atoms with E-state index in [2.05, 4.69) is 29.1 Å². The van der Waals surface area contributed by atoms with Crippen LogP contribution in [0, 0.1) is 4.77 Å². The third-order valence-corrected chi connectivity index (χ3v) is 3.79. The van der Waals surface area contributed by atoms with E-state index in [4.69, 9.17) is 21.7 Å². The molecule has 1 N–H and O–H groups in total. The monoisotopic (exact) mass is 362 g/mol. The van der Waals surface area contributed by atoms with E-state index in [1.807, 2.05) is 25.1 Å². The van der Waals surface area contributed by atoms with Crippen molar-refractivity contribution in [1.29, 1.82) is 0 Å². The van der Waals surface area contributed by atoms with E-state index in [0.29, 0.717) is 18.0 Å². The Kier molecular flexibility index (Phi) is 7.66. The zero-order valence-corrected chi connectivity index (χ0v) is 15.9. The van der Waals surface area contributed by atoms with Gasteiger partial charge in [0.05, 0.1) is 19.4 Å². The van der Waals surface area contributed by atoms with Gasteiger partial charge in [-0.25, -0.2) is 0 Å². The number of ether oxygens (including phenoxy) is 2. The van der Waals surface area contributed by atoms with Crippen LogP contribution in [0.25, 0.3) is 0 Å². The van der Waals surface area contributed by atoms with Gasteiger partial charge in [0.25, 0.3) is 0 Å². The molecule has 0 aliphatic carbocycles. The summed E-state index contributed by atoms with van der Waals surface area (Å²) in [6, 6.07) is 5.79. The van der Waals surface area contributed by atoms with Gasteiger partial charge in [0.1, 0.15) is 0 Å². The highest BCUT2D eigenvalue weighted by Gasteiger charge is 2.07. The van der Waals surface area contributed by atoms with Crippen LogP contribution in [0.4, 0.5) is 0 Å². The van der Waals surface area contributed by atoms with Gasteiger partial charge in [-0.15, -0.1) is 0 Å². The van der Waals surface area contributed by atoms with Crippen LogP contribution in [0.2, 0.25) is 0 Å². The van der Waals surface area contributed by atoms with Crippen LogP contribution in [-0.4, -0.2) is 34.3 Å². The molecule has 1 heterocycles. The summed E-state index contributed by atoms with van der Waals surface area (Å²) in [5, 5.41) is 11.5.